The number of aryl methyl sites for hydroxylation is 2. The van der Waals surface area contributed by atoms with Gasteiger partial charge >= 0.3 is 0 Å². The van der Waals surface area contributed by atoms with Gasteiger partial charge in [-0.05, 0) is 6.92 Å². The minimum Gasteiger partial charge on any atom is -0.494 e. The van der Waals surface area contributed by atoms with Gasteiger partial charge in [0.25, 0.3) is 5.82 Å². The molecular formula is C16H18Cl2N3O2+. The number of benzene rings is 1. The normalized spacial score (nSPS) is 11.5. The van der Waals surface area contributed by atoms with E-state index < -0.39 is 0 Å². The average Bonchev–Trinajstić information content (AvgIpc) is 2.95. The van der Waals surface area contributed by atoms with Crippen molar-refractivity contribution in [1.82, 2.24) is 9.13 Å². The van der Waals surface area contributed by atoms with Gasteiger partial charge in [0.1, 0.15) is 6.54 Å². The predicted octanol–water partition coefficient (Wildman–Crippen LogP) is 3.48. The highest BCUT2D eigenvalue weighted by Gasteiger charge is 2.22. The maximum Gasteiger partial charge on any atom is 0.254 e. The monoisotopic (exact) mass is 354 g/mol. The highest BCUT2D eigenvalue weighted by molar-refractivity contribution is 6.42. The molecule has 3 rings (SSSR count). The lowest BCUT2D eigenvalue weighted by molar-refractivity contribution is -0.679. The van der Waals surface area contributed by atoms with Gasteiger partial charge in [-0.25, -0.2) is 9.13 Å². The van der Waals surface area contributed by atoms with Crippen molar-refractivity contribution in [1.29, 1.82) is 0 Å². The number of halogens is 2. The zero-order valence-electron chi connectivity index (χ0n) is 12.9. The smallest absolute Gasteiger partial charge is 0.254 e. The van der Waals surface area contributed by atoms with Crippen molar-refractivity contribution < 1.29 is 14.8 Å². The molecule has 0 aliphatic carbocycles. The second-order valence-electron chi connectivity index (χ2n) is 5.40. The number of imidazole rings is 1. The Balaban J connectivity index is 2.06. The number of nitrogens with zero attached hydrogens (tertiary/aromatic N) is 3. The topological polar surface area (TPSA) is 54.2 Å². The summed E-state index contributed by atoms with van der Waals surface area (Å²) in [5, 5.41) is 20.6. The molecule has 2 N–H and O–H groups in total. The Labute approximate surface area is 143 Å². The van der Waals surface area contributed by atoms with Crippen LogP contribution in [0.15, 0.2) is 24.3 Å². The standard InChI is InChI=1S/C16H17Cl2N3O2/c1-3-19-10(2)20(6-7-21-15(22)4-5-16(21)23)14-9-12(18)11(17)8-13(14)19/h4-5,8-9H,3,6-7H2,1-2H3,(H-,22,23)/p+1. The van der Waals surface area contributed by atoms with Crippen molar-refractivity contribution in [2.45, 2.75) is 33.5 Å². The van der Waals surface area contributed by atoms with E-state index in [9.17, 15) is 10.2 Å². The summed E-state index contributed by atoms with van der Waals surface area (Å²) in [6.45, 7) is 5.94. The lowest BCUT2D eigenvalue weighted by Gasteiger charge is -2.06. The van der Waals surface area contributed by atoms with Gasteiger partial charge in [-0.3, -0.25) is 4.57 Å². The third-order valence-electron chi connectivity index (χ3n) is 4.18. The van der Waals surface area contributed by atoms with Crippen LogP contribution in [0.25, 0.3) is 11.0 Å². The van der Waals surface area contributed by atoms with Gasteiger partial charge in [-0.15, -0.1) is 0 Å². The van der Waals surface area contributed by atoms with E-state index in [1.165, 1.54) is 16.7 Å². The SMILES string of the molecule is CCn1c(C)[n+](CCn2c(O)ccc2O)c2cc(Cl)c(Cl)cc21. The molecule has 5 nitrogen and oxygen atoms in total. The summed E-state index contributed by atoms with van der Waals surface area (Å²) < 4.78 is 5.73. The van der Waals surface area contributed by atoms with Crippen molar-refractivity contribution in [3.05, 3.63) is 40.1 Å². The molecule has 1 aromatic carbocycles. The average molecular weight is 355 g/mol. The summed E-state index contributed by atoms with van der Waals surface area (Å²) >= 11 is 12.3. The van der Waals surface area contributed by atoms with Crippen molar-refractivity contribution in [3.8, 4) is 11.8 Å². The Morgan fingerprint density at radius 1 is 1.04 bits per heavy atom. The molecule has 7 heteroatoms. The summed E-state index contributed by atoms with van der Waals surface area (Å²) in [5.41, 5.74) is 1.99. The van der Waals surface area contributed by atoms with Crippen LogP contribution >= 0.6 is 23.2 Å². The highest BCUT2D eigenvalue weighted by Crippen LogP contribution is 2.28. The first kappa shape index (κ1) is 16.0. The molecule has 0 aliphatic heterocycles. The highest BCUT2D eigenvalue weighted by atomic mass is 35.5. The quantitative estimate of drug-likeness (QED) is 0.704. The molecule has 0 saturated carbocycles. The molecule has 0 spiro atoms. The van der Waals surface area contributed by atoms with Crippen LogP contribution < -0.4 is 4.57 Å². The van der Waals surface area contributed by atoms with Gasteiger partial charge < -0.3 is 10.2 Å². The molecule has 23 heavy (non-hydrogen) atoms. The zero-order chi connectivity index (χ0) is 16.7. The Morgan fingerprint density at radius 3 is 2.26 bits per heavy atom. The molecular weight excluding hydrogens is 337 g/mol. The summed E-state index contributed by atoms with van der Waals surface area (Å²) in [4.78, 5) is 0. The Morgan fingerprint density at radius 2 is 1.65 bits per heavy atom. The Bertz CT molecular complexity index is 864. The van der Waals surface area contributed by atoms with E-state index >= 15 is 0 Å². The van der Waals surface area contributed by atoms with Crippen LogP contribution in [-0.2, 0) is 19.6 Å². The summed E-state index contributed by atoms with van der Waals surface area (Å²) in [7, 11) is 0. The molecule has 0 atom stereocenters. The van der Waals surface area contributed by atoms with Crippen LogP contribution in [0, 0.1) is 6.92 Å². The van der Waals surface area contributed by atoms with Crippen LogP contribution in [-0.4, -0.2) is 19.3 Å². The fraction of sp³-hybridized carbons (Fsp3) is 0.312. The van der Waals surface area contributed by atoms with E-state index in [-0.39, 0.29) is 11.8 Å². The molecule has 0 amide bonds. The first-order valence-corrected chi connectivity index (χ1v) is 8.14. The van der Waals surface area contributed by atoms with Crippen LogP contribution in [0.5, 0.6) is 11.8 Å². The fourth-order valence-corrected chi connectivity index (χ4v) is 3.33. The molecule has 122 valence electrons. The van der Waals surface area contributed by atoms with E-state index in [0.29, 0.717) is 23.1 Å². The lowest BCUT2D eigenvalue weighted by Crippen LogP contribution is -2.38. The lowest BCUT2D eigenvalue weighted by atomic mass is 10.3. The number of fused-ring (bicyclic) bond motifs is 1. The number of rotatable bonds is 4. The molecule has 0 saturated heterocycles. The van der Waals surface area contributed by atoms with E-state index in [1.807, 2.05) is 19.1 Å². The second-order valence-corrected chi connectivity index (χ2v) is 6.21. The van der Waals surface area contributed by atoms with Crippen molar-refractivity contribution in [3.63, 3.8) is 0 Å². The summed E-state index contributed by atoms with van der Waals surface area (Å²) in [6, 6.07) is 6.67. The van der Waals surface area contributed by atoms with E-state index in [2.05, 4.69) is 16.1 Å². The largest absolute Gasteiger partial charge is 0.494 e. The summed E-state index contributed by atoms with van der Waals surface area (Å²) in [5.74, 6) is 1.15. The number of hydrogen-bond acceptors (Lipinski definition) is 2. The van der Waals surface area contributed by atoms with Crippen molar-refractivity contribution >= 4 is 34.2 Å². The second kappa shape index (κ2) is 5.98. The van der Waals surface area contributed by atoms with Crippen LogP contribution in [0.1, 0.15) is 12.7 Å². The van der Waals surface area contributed by atoms with Gasteiger partial charge in [0.2, 0.25) is 0 Å². The fourth-order valence-electron chi connectivity index (χ4n) is 3.01. The van der Waals surface area contributed by atoms with Crippen LogP contribution in [0.2, 0.25) is 10.0 Å². The maximum atomic E-state index is 9.77. The molecule has 0 fully saturated rings. The molecule has 0 aliphatic rings. The molecule has 2 heterocycles. The van der Waals surface area contributed by atoms with Gasteiger partial charge in [0.15, 0.2) is 22.8 Å². The maximum absolute atomic E-state index is 9.77. The zero-order valence-corrected chi connectivity index (χ0v) is 14.4. The van der Waals surface area contributed by atoms with Gasteiger partial charge in [-0.1, -0.05) is 23.2 Å². The number of aromatic hydroxyl groups is 2. The molecule has 3 aromatic rings. The first-order chi connectivity index (χ1) is 10.9. The minimum absolute atomic E-state index is 0.0426. The van der Waals surface area contributed by atoms with E-state index in [0.717, 1.165) is 23.4 Å². The Kier molecular flexibility index (Phi) is 4.17. The van der Waals surface area contributed by atoms with Gasteiger partial charge in [-0.2, -0.15) is 0 Å². The minimum atomic E-state index is 0.0426. The van der Waals surface area contributed by atoms with Crippen molar-refractivity contribution in [2.75, 3.05) is 0 Å². The van der Waals surface area contributed by atoms with Crippen LogP contribution in [0.3, 0.4) is 0 Å². The summed E-state index contributed by atoms with van der Waals surface area (Å²) in [6.07, 6.45) is 0. The third-order valence-corrected chi connectivity index (χ3v) is 4.90. The third kappa shape index (κ3) is 2.64. The van der Waals surface area contributed by atoms with Crippen LogP contribution in [0.4, 0.5) is 0 Å². The van der Waals surface area contributed by atoms with E-state index in [1.54, 1.807) is 0 Å². The molecule has 0 unspecified atom stereocenters. The molecule has 0 bridgehead atoms. The van der Waals surface area contributed by atoms with Gasteiger partial charge in [0.05, 0.1) is 23.1 Å². The number of hydrogen-bond donors (Lipinski definition) is 2. The predicted molar refractivity (Wildman–Crippen MR) is 90.3 cm³/mol. The molecule has 2 aromatic heterocycles. The first-order valence-electron chi connectivity index (χ1n) is 7.39. The molecule has 0 radical (unpaired) electrons. The number of aromatic nitrogens is 3. The van der Waals surface area contributed by atoms with Gasteiger partial charge in [0, 0.05) is 31.2 Å². The van der Waals surface area contributed by atoms with E-state index in [4.69, 9.17) is 23.2 Å². The Hall–Kier alpha value is -1.85. The van der Waals surface area contributed by atoms with Crippen molar-refractivity contribution in [2.24, 2.45) is 0 Å².